The van der Waals surface area contributed by atoms with Crippen molar-refractivity contribution in [2.24, 2.45) is 0 Å². The molecule has 0 aliphatic heterocycles. The van der Waals surface area contributed by atoms with Crippen LogP contribution in [0.15, 0.2) is 48.8 Å². The maximum atomic E-state index is 11.0. The van der Waals surface area contributed by atoms with Crippen LogP contribution < -0.4 is 5.32 Å². The van der Waals surface area contributed by atoms with E-state index in [9.17, 15) is 10.1 Å². The number of nitrogens with one attached hydrogen (secondary N) is 1. The van der Waals surface area contributed by atoms with Crippen LogP contribution >= 0.6 is 0 Å². The van der Waals surface area contributed by atoms with Gasteiger partial charge in [0.15, 0.2) is 0 Å². The minimum absolute atomic E-state index is 0.157. The van der Waals surface area contributed by atoms with Crippen LogP contribution in [-0.2, 0) is 6.54 Å². The predicted octanol–water partition coefficient (Wildman–Crippen LogP) is 3.23. The molecule has 20 heavy (non-hydrogen) atoms. The highest BCUT2D eigenvalue weighted by atomic mass is 16.6. The largest absolute Gasteiger partial charge is 0.306 e. The molecule has 1 atom stereocenters. The SMILES string of the molecule is CC[C@@H](NCc1ccccc1[N+](=O)[O-])c1ccncc1. The number of aromatic nitrogens is 1. The summed E-state index contributed by atoms with van der Waals surface area (Å²) in [5, 5.41) is 14.3. The van der Waals surface area contributed by atoms with Crippen LogP contribution in [0.1, 0.15) is 30.5 Å². The van der Waals surface area contributed by atoms with Gasteiger partial charge >= 0.3 is 0 Å². The second-order valence-corrected chi connectivity index (χ2v) is 4.51. The Bertz CT molecular complexity index is 572. The molecule has 1 heterocycles. The minimum atomic E-state index is -0.343. The highest BCUT2D eigenvalue weighted by Crippen LogP contribution is 2.20. The zero-order valence-electron chi connectivity index (χ0n) is 11.3. The maximum Gasteiger partial charge on any atom is 0.273 e. The van der Waals surface area contributed by atoms with Crippen LogP contribution in [0.2, 0.25) is 0 Å². The standard InChI is InChI=1S/C15H17N3O2/c1-2-14(12-7-9-16-10-8-12)17-11-13-5-3-4-6-15(13)18(19)20/h3-10,14,17H,2,11H2,1H3/t14-/m1/s1. The van der Waals surface area contributed by atoms with E-state index in [-0.39, 0.29) is 16.7 Å². The van der Waals surface area contributed by atoms with Gasteiger partial charge in [-0.05, 0) is 24.1 Å². The van der Waals surface area contributed by atoms with Crippen molar-refractivity contribution in [2.45, 2.75) is 25.9 Å². The quantitative estimate of drug-likeness (QED) is 0.647. The predicted molar refractivity (Wildman–Crippen MR) is 77.2 cm³/mol. The number of hydrogen-bond acceptors (Lipinski definition) is 4. The number of hydrogen-bond donors (Lipinski definition) is 1. The summed E-state index contributed by atoms with van der Waals surface area (Å²) in [5.41, 5.74) is 2.00. The van der Waals surface area contributed by atoms with E-state index < -0.39 is 0 Å². The average molecular weight is 271 g/mol. The first-order valence-corrected chi connectivity index (χ1v) is 6.58. The zero-order chi connectivity index (χ0) is 14.4. The fourth-order valence-corrected chi connectivity index (χ4v) is 2.17. The third-order valence-corrected chi connectivity index (χ3v) is 3.24. The molecular formula is C15H17N3O2. The van der Waals surface area contributed by atoms with E-state index in [2.05, 4.69) is 17.2 Å². The molecule has 0 aliphatic rings. The molecular weight excluding hydrogens is 254 g/mol. The second-order valence-electron chi connectivity index (χ2n) is 4.51. The molecule has 1 N–H and O–H groups in total. The van der Waals surface area contributed by atoms with Gasteiger partial charge in [0.05, 0.1) is 4.92 Å². The van der Waals surface area contributed by atoms with Crippen molar-refractivity contribution in [3.63, 3.8) is 0 Å². The van der Waals surface area contributed by atoms with Crippen molar-refractivity contribution in [1.82, 2.24) is 10.3 Å². The van der Waals surface area contributed by atoms with E-state index in [1.54, 1.807) is 24.5 Å². The third-order valence-electron chi connectivity index (χ3n) is 3.24. The third kappa shape index (κ3) is 3.39. The molecule has 0 aliphatic carbocycles. The van der Waals surface area contributed by atoms with Crippen LogP contribution in [0.25, 0.3) is 0 Å². The first-order chi connectivity index (χ1) is 9.72. The molecule has 0 spiro atoms. The lowest BCUT2D eigenvalue weighted by Crippen LogP contribution is -2.20. The normalized spacial score (nSPS) is 12.1. The molecule has 104 valence electrons. The number of benzene rings is 1. The Hall–Kier alpha value is -2.27. The van der Waals surface area contributed by atoms with Crippen LogP contribution in [0.3, 0.4) is 0 Å². The summed E-state index contributed by atoms with van der Waals surface area (Å²) >= 11 is 0. The van der Waals surface area contributed by atoms with Crippen molar-refractivity contribution in [3.8, 4) is 0 Å². The molecule has 2 aromatic rings. The van der Waals surface area contributed by atoms with Gasteiger partial charge in [-0.1, -0.05) is 25.1 Å². The van der Waals surface area contributed by atoms with Crippen LogP contribution in [-0.4, -0.2) is 9.91 Å². The van der Waals surface area contributed by atoms with Crippen molar-refractivity contribution >= 4 is 5.69 Å². The fraction of sp³-hybridized carbons (Fsp3) is 0.267. The Morgan fingerprint density at radius 3 is 2.60 bits per heavy atom. The number of nitro groups is 1. The Morgan fingerprint density at radius 1 is 1.25 bits per heavy atom. The lowest BCUT2D eigenvalue weighted by molar-refractivity contribution is -0.385. The van der Waals surface area contributed by atoms with Gasteiger partial charge in [-0.25, -0.2) is 0 Å². The molecule has 1 aromatic carbocycles. The topological polar surface area (TPSA) is 68.1 Å². The Balaban J connectivity index is 2.10. The second kappa shape index (κ2) is 6.77. The van der Waals surface area contributed by atoms with Crippen molar-refractivity contribution in [1.29, 1.82) is 0 Å². The average Bonchev–Trinajstić information content (AvgIpc) is 2.49. The summed E-state index contributed by atoms with van der Waals surface area (Å²) in [4.78, 5) is 14.6. The number of para-hydroxylation sites is 1. The molecule has 0 radical (unpaired) electrons. The first-order valence-electron chi connectivity index (χ1n) is 6.58. The van der Waals surface area contributed by atoms with Gasteiger partial charge in [0, 0.05) is 36.6 Å². The number of rotatable bonds is 6. The summed E-state index contributed by atoms with van der Waals surface area (Å²) in [6.45, 7) is 2.55. The zero-order valence-corrected chi connectivity index (χ0v) is 11.3. The van der Waals surface area contributed by atoms with E-state index in [4.69, 9.17) is 0 Å². The molecule has 0 bridgehead atoms. The molecule has 5 nitrogen and oxygen atoms in total. The van der Waals surface area contributed by atoms with Gasteiger partial charge in [-0.15, -0.1) is 0 Å². The van der Waals surface area contributed by atoms with E-state index >= 15 is 0 Å². The van der Waals surface area contributed by atoms with Gasteiger partial charge in [0.25, 0.3) is 5.69 Å². The number of pyridine rings is 1. The molecule has 2 rings (SSSR count). The van der Waals surface area contributed by atoms with E-state index in [0.29, 0.717) is 12.1 Å². The van der Waals surface area contributed by atoms with Crippen molar-refractivity contribution < 1.29 is 4.92 Å². The molecule has 0 fully saturated rings. The number of nitro benzene ring substituents is 1. The summed E-state index contributed by atoms with van der Waals surface area (Å²) < 4.78 is 0. The highest BCUT2D eigenvalue weighted by molar-refractivity contribution is 5.39. The van der Waals surface area contributed by atoms with Crippen molar-refractivity contribution in [2.75, 3.05) is 0 Å². The van der Waals surface area contributed by atoms with Crippen LogP contribution in [0.5, 0.6) is 0 Å². The molecule has 0 saturated heterocycles. The molecule has 0 saturated carbocycles. The summed E-state index contributed by atoms with van der Waals surface area (Å²) in [6, 6.07) is 10.9. The van der Waals surface area contributed by atoms with E-state index in [1.807, 2.05) is 18.2 Å². The van der Waals surface area contributed by atoms with Gasteiger partial charge in [0.1, 0.15) is 0 Å². The first kappa shape index (κ1) is 14.1. The Labute approximate surface area is 117 Å². The molecule has 0 unspecified atom stereocenters. The van der Waals surface area contributed by atoms with Gasteiger partial charge < -0.3 is 5.32 Å². The van der Waals surface area contributed by atoms with Crippen molar-refractivity contribution in [3.05, 3.63) is 70.0 Å². The summed E-state index contributed by atoms with van der Waals surface area (Å²) in [5.74, 6) is 0. The maximum absolute atomic E-state index is 11.0. The van der Waals surface area contributed by atoms with E-state index in [0.717, 1.165) is 12.0 Å². The molecule has 1 aromatic heterocycles. The van der Waals surface area contributed by atoms with E-state index in [1.165, 1.54) is 6.07 Å². The summed E-state index contributed by atoms with van der Waals surface area (Å²) in [7, 11) is 0. The Kier molecular flexibility index (Phi) is 4.79. The van der Waals surface area contributed by atoms with Crippen LogP contribution in [0, 0.1) is 10.1 Å². The highest BCUT2D eigenvalue weighted by Gasteiger charge is 2.14. The van der Waals surface area contributed by atoms with Gasteiger partial charge in [-0.3, -0.25) is 15.1 Å². The van der Waals surface area contributed by atoms with Crippen LogP contribution in [0.4, 0.5) is 5.69 Å². The lowest BCUT2D eigenvalue weighted by Gasteiger charge is -2.17. The van der Waals surface area contributed by atoms with Gasteiger partial charge in [-0.2, -0.15) is 0 Å². The van der Waals surface area contributed by atoms with Gasteiger partial charge in [0.2, 0.25) is 0 Å². The Morgan fingerprint density at radius 2 is 1.95 bits per heavy atom. The smallest absolute Gasteiger partial charge is 0.273 e. The number of nitrogens with zero attached hydrogens (tertiary/aromatic N) is 2. The summed E-state index contributed by atoms with van der Waals surface area (Å²) in [6.07, 6.45) is 4.42. The molecule has 0 amide bonds. The monoisotopic (exact) mass is 271 g/mol. The molecule has 5 heteroatoms. The minimum Gasteiger partial charge on any atom is -0.306 e. The fourth-order valence-electron chi connectivity index (χ4n) is 2.17. The lowest BCUT2D eigenvalue weighted by atomic mass is 10.1.